The molecule has 0 radical (unpaired) electrons. The van der Waals surface area contributed by atoms with E-state index >= 15 is 0 Å². The van der Waals surface area contributed by atoms with E-state index in [1.165, 1.54) is 17.4 Å². The Morgan fingerprint density at radius 3 is 3.17 bits per heavy atom. The largest absolute Gasteiger partial charge is 0.339 e. The molecule has 120 valence electrons. The predicted octanol–water partition coefficient (Wildman–Crippen LogP) is 2.64. The van der Waals surface area contributed by atoms with Crippen LogP contribution in [0.2, 0.25) is 0 Å². The zero-order chi connectivity index (χ0) is 16.1. The summed E-state index contributed by atoms with van der Waals surface area (Å²) in [6.07, 6.45) is 7.70. The summed E-state index contributed by atoms with van der Waals surface area (Å²) in [7, 11) is 0. The fourth-order valence-electron chi connectivity index (χ4n) is 2.83. The summed E-state index contributed by atoms with van der Waals surface area (Å²) in [5, 5.41) is 5.91. The molecule has 0 aromatic carbocycles. The third-order valence-corrected chi connectivity index (χ3v) is 4.58. The van der Waals surface area contributed by atoms with Crippen molar-refractivity contribution in [2.24, 2.45) is 5.92 Å². The maximum Gasteiger partial charge on any atom is 0.245 e. The highest BCUT2D eigenvalue weighted by Crippen LogP contribution is 2.22. The maximum atomic E-state index is 11.8. The molecule has 3 rings (SSSR count). The van der Waals surface area contributed by atoms with Gasteiger partial charge in [-0.1, -0.05) is 6.58 Å². The topological polar surface area (TPSA) is 71.0 Å². The van der Waals surface area contributed by atoms with Crippen molar-refractivity contribution >= 4 is 28.2 Å². The van der Waals surface area contributed by atoms with Crippen LogP contribution in [0.5, 0.6) is 0 Å². The summed E-state index contributed by atoms with van der Waals surface area (Å²) >= 11 is 1.53. The summed E-state index contributed by atoms with van der Waals surface area (Å²) < 4.78 is 0. The van der Waals surface area contributed by atoms with Crippen LogP contribution in [0.15, 0.2) is 36.6 Å². The minimum absolute atomic E-state index is 0.0171. The molecule has 0 bridgehead atoms. The number of nitrogens with zero attached hydrogens (tertiary/aromatic N) is 4. The molecule has 1 atom stereocenters. The van der Waals surface area contributed by atoms with Crippen LogP contribution in [0.3, 0.4) is 0 Å². The first-order chi connectivity index (χ1) is 11.2. The highest BCUT2D eigenvalue weighted by atomic mass is 32.1. The Morgan fingerprint density at radius 1 is 1.48 bits per heavy atom. The standard InChI is InChI=1S/C16H19N5OS/c1-2-15(22)21-6-3-4-12(10-21)8-13-9-14(19-11-18-13)20-16-17-5-7-23-16/h2,5,7,9,11-12H,1,3-4,6,8,10H2,(H,17,18,19,20). The molecule has 1 aliphatic rings. The van der Waals surface area contributed by atoms with Crippen LogP contribution < -0.4 is 5.32 Å². The fourth-order valence-corrected chi connectivity index (χ4v) is 3.36. The summed E-state index contributed by atoms with van der Waals surface area (Å²) in [5.74, 6) is 1.19. The van der Waals surface area contributed by atoms with E-state index in [2.05, 4.69) is 26.8 Å². The van der Waals surface area contributed by atoms with Gasteiger partial charge < -0.3 is 10.2 Å². The molecule has 1 fully saturated rings. The van der Waals surface area contributed by atoms with E-state index in [1.807, 2.05) is 16.3 Å². The highest BCUT2D eigenvalue weighted by molar-refractivity contribution is 7.13. The van der Waals surface area contributed by atoms with Gasteiger partial charge in [-0.05, 0) is 31.3 Å². The van der Waals surface area contributed by atoms with Gasteiger partial charge in [0.25, 0.3) is 0 Å². The lowest BCUT2D eigenvalue weighted by Crippen LogP contribution is -2.39. The summed E-state index contributed by atoms with van der Waals surface area (Å²) in [5.41, 5.74) is 0.983. The van der Waals surface area contributed by atoms with E-state index < -0.39 is 0 Å². The predicted molar refractivity (Wildman–Crippen MR) is 90.6 cm³/mol. The van der Waals surface area contributed by atoms with Crippen molar-refractivity contribution in [1.29, 1.82) is 0 Å². The second kappa shape index (κ2) is 7.32. The van der Waals surface area contributed by atoms with E-state index in [4.69, 9.17) is 0 Å². The lowest BCUT2D eigenvalue weighted by molar-refractivity contribution is -0.127. The number of likely N-dealkylation sites (tertiary alicyclic amines) is 1. The Hall–Kier alpha value is -2.28. The van der Waals surface area contributed by atoms with Crippen LogP contribution in [0.1, 0.15) is 18.5 Å². The van der Waals surface area contributed by atoms with Crippen LogP contribution in [0.4, 0.5) is 10.9 Å². The number of anilines is 2. The van der Waals surface area contributed by atoms with E-state index in [9.17, 15) is 4.79 Å². The van der Waals surface area contributed by atoms with Gasteiger partial charge in [-0.25, -0.2) is 15.0 Å². The van der Waals surface area contributed by atoms with Gasteiger partial charge in [-0.15, -0.1) is 11.3 Å². The fraction of sp³-hybridized carbons (Fsp3) is 0.375. The Morgan fingerprint density at radius 2 is 2.39 bits per heavy atom. The van der Waals surface area contributed by atoms with Crippen LogP contribution in [-0.4, -0.2) is 38.8 Å². The van der Waals surface area contributed by atoms with E-state index in [0.717, 1.165) is 49.0 Å². The molecule has 0 aliphatic carbocycles. The van der Waals surface area contributed by atoms with Crippen LogP contribution in [0, 0.1) is 5.92 Å². The van der Waals surface area contributed by atoms with Gasteiger partial charge >= 0.3 is 0 Å². The SMILES string of the molecule is C=CC(=O)N1CCCC(Cc2cc(Nc3nccs3)ncn2)C1. The van der Waals surface area contributed by atoms with Crippen molar-refractivity contribution in [2.75, 3.05) is 18.4 Å². The number of rotatable bonds is 5. The first-order valence-corrected chi connectivity index (χ1v) is 8.51. The van der Waals surface area contributed by atoms with Crippen molar-refractivity contribution in [3.05, 3.63) is 42.3 Å². The zero-order valence-electron chi connectivity index (χ0n) is 12.8. The Bertz CT molecular complexity index is 673. The zero-order valence-corrected chi connectivity index (χ0v) is 13.6. The van der Waals surface area contributed by atoms with Crippen LogP contribution in [0.25, 0.3) is 0 Å². The molecule has 1 N–H and O–H groups in total. The molecule has 2 aromatic heterocycles. The van der Waals surface area contributed by atoms with Gasteiger partial charge in [0.2, 0.25) is 5.91 Å². The molecule has 1 amide bonds. The van der Waals surface area contributed by atoms with Crippen LogP contribution in [-0.2, 0) is 11.2 Å². The van der Waals surface area contributed by atoms with Crippen LogP contribution >= 0.6 is 11.3 Å². The number of aromatic nitrogens is 3. The first-order valence-electron chi connectivity index (χ1n) is 7.63. The van der Waals surface area contributed by atoms with Crippen molar-refractivity contribution in [3.8, 4) is 0 Å². The molecule has 0 saturated carbocycles. The lowest BCUT2D eigenvalue weighted by Gasteiger charge is -2.32. The Kier molecular flexibility index (Phi) is 4.97. The van der Waals surface area contributed by atoms with Gasteiger partial charge in [0.1, 0.15) is 12.1 Å². The molecule has 7 heteroatoms. The normalized spacial score (nSPS) is 17.7. The van der Waals surface area contributed by atoms with Crippen molar-refractivity contribution in [3.63, 3.8) is 0 Å². The minimum Gasteiger partial charge on any atom is -0.339 e. The summed E-state index contributed by atoms with van der Waals surface area (Å²) in [4.78, 5) is 26.4. The second-order valence-corrected chi connectivity index (χ2v) is 6.45. The first kappa shape index (κ1) is 15.6. The molecule has 0 spiro atoms. The van der Waals surface area contributed by atoms with Gasteiger partial charge in [0.15, 0.2) is 5.13 Å². The number of hydrogen-bond donors (Lipinski definition) is 1. The van der Waals surface area contributed by atoms with E-state index in [-0.39, 0.29) is 5.91 Å². The molecular formula is C16H19N5OS. The van der Waals surface area contributed by atoms with Gasteiger partial charge in [-0.3, -0.25) is 4.79 Å². The van der Waals surface area contributed by atoms with Gasteiger partial charge in [-0.2, -0.15) is 0 Å². The Balaban J connectivity index is 1.63. The lowest BCUT2D eigenvalue weighted by atomic mass is 9.93. The van der Waals surface area contributed by atoms with E-state index in [0.29, 0.717) is 5.92 Å². The van der Waals surface area contributed by atoms with Gasteiger partial charge in [0.05, 0.1) is 0 Å². The second-order valence-electron chi connectivity index (χ2n) is 5.56. The molecule has 3 heterocycles. The molecule has 1 unspecified atom stereocenters. The Labute approximate surface area is 139 Å². The minimum atomic E-state index is 0.0171. The molecule has 1 saturated heterocycles. The average Bonchev–Trinajstić information content (AvgIpc) is 3.07. The number of nitrogens with one attached hydrogen (secondary N) is 1. The number of amides is 1. The number of carbonyl (C=O) groups excluding carboxylic acids is 1. The monoisotopic (exact) mass is 329 g/mol. The van der Waals surface area contributed by atoms with E-state index in [1.54, 1.807) is 12.5 Å². The third-order valence-electron chi connectivity index (χ3n) is 3.89. The number of thiazole rings is 1. The molecular weight excluding hydrogens is 310 g/mol. The van der Waals surface area contributed by atoms with Crippen molar-refractivity contribution in [1.82, 2.24) is 19.9 Å². The maximum absolute atomic E-state index is 11.8. The molecule has 6 nitrogen and oxygen atoms in total. The summed E-state index contributed by atoms with van der Waals surface area (Å²) in [6.45, 7) is 5.16. The molecule has 1 aliphatic heterocycles. The number of piperidine rings is 1. The van der Waals surface area contributed by atoms with Crippen molar-refractivity contribution in [2.45, 2.75) is 19.3 Å². The quantitative estimate of drug-likeness (QED) is 0.854. The smallest absolute Gasteiger partial charge is 0.245 e. The number of hydrogen-bond acceptors (Lipinski definition) is 6. The molecule has 23 heavy (non-hydrogen) atoms. The van der Waals surface area contributed by atoms with Crippen molar-refractivity contribution < 1.29 is 4.79 Å². The average molecular weight is 329 g/mol. The van der Waals surface area contributed by atoms with Gasteiger partial charge in [0, 0.05) is 36.4 Å². The molecule has 2 aromatic rings. The number of carbonyl (C=O) groups is 1. The summed E-state index contributed by atoms with van der Waals surface area (Å²) in [6, 6.07) is 1.95. The third kappa shape index (κ3) is 4.13. The highest BCUT2D eigenvalue weighted by Gasteiger charge is 2.22.